The molecule has 1 heterocycles. The van der Waals surface area contributed by atoms with Crippen molar-refractivity contribution < 1.29 is 31.7 Å². The Kier molecular flexibility index (Phi) is 2.76. The maximum atomic E-state index is 12.2. The Labute approximate surface area is 85.0 Å². The van der Waals surface area contributed by atoms with Crippen LogP contribution >= 0.6 is 7.82 Å². The van der Waals surface area contributed by atoms with E-state index in [2.05, 4.69) is 9.05 Å². The van der Waals surface area contributed by atoms with Crippen molar-refractivity contribution in [1.29, 1.82) is 0 Å². The summed E-state index contributed by atoms with van der Waals surface area (Å²) in [5, 5.41) is 0. The first-order chi connectivity index (χ1) is 6.37. The molecule has 8 heteroatoms. The van der Waals surface area contributed by atoms with Crippen LogP contribution in [0.5, 0.6) is 0 Å². The Hall–Kier alpha value is -0.100. The molecule has 0 aliphatic carbocycles. The van der Waals surface area contributed by atoms with Gasteiger partial charge >= 0.3 is 6.18 Å². The van der Waals surface area contributed by atoms with E-state index >= 15 is 0 Å². The van der Waals surface area contributed by atoms with E-state index in [0.29, 0.717) is 0 Å². The third-order valence-electron chi connectivity index (χ3n) is 2.46. The average Bonchev–Trinajstić information content (AvgIpc) is 1.88. The number of phosphoric ester groups is 1. The zero-order valence-electron chi connectivity index (χ0n) is 8.42. The van der Waals surface area contributed by atoms with Crippen molar-refractivity contribution in [2.45, 2.75) is 44.6 Å². The van der Waals surface area contributed by atoms with Crippen LogP contribution in [0.25, 0.3) is 0 Å². The second kappa shape index (κ2) is 3.20. The summed E-state index contributed by atoms with van der Waals surface area (Å²) in [7, 11) is -4.62. The quantitative estimate of drug-likeness (QED) is 0.665. The summed E-state index contributed by atoms with van der Waals surface area (Å²) in [6.45, 7) is 3.56. The van der Waals surface area contributed by atoms with Gasteiger partial charge in [-0.15, -0.1) is 0 Å². The summed E-state index contributed by atoms with van der Waals surface area (Å²) in [4.78, 5) is 11.0. The fourth-order valence-electron chi connectivity index (χ4n) is 1.38. The van der Waals surface area contributed by atoms with Gasteiger partial charge < -0.3 is 13.9 Å². The van der Waals surface area contributed by atoms with Crippen LogP contribution < -0.4 is 4.89 Å². The molecule has 1 aliphatic heterocycles. The molecule has 2 atom stereocenters. The predicted molar refractivity (Wildman–Crippen MR) is 42.9 cm³/mol. The molecule has 0 amide bonds. The van der Waals surface area contributed by atoms with Crippen LogP contribution in [0, 0.1) is 0 Å². The SMILES string of the molecule is CC1(C)OP(=O)([O-])OC1(C)CC(F)(F)F. The molecule has 0 radical (unpaired) electrons. The number of alkyl halides is 3. The fourth-order valence-corrected chi connectivity index (χ4v) is 2.95. The van der Waals surface area contributed by atoms with Crippen molar-refractivity contribution in [3.05, 3.63) is 0 Å². The van der Waals surface area contributed by atoms with Gasteiger partial charge in [0.25, 0.3) is 7.82 Å². The van der Waals surface area contributed by atoms with Crippen molar-refractivity contribution in [3.8, 4) is 0 Å². The van der Waals surface area contributed by atoms with Crippen molar-refractivity contribution in [2.24, 2.45) is 0 Å². The molecule has 0 aromatic heterocycles. The third kappa shape index (κ3) is 2.72. The number of rotatable bonds is 1. The summed E-state index contributed by atoms with van der Waals surface area (Å²) < 4.78 is 56.5. The minimum Gasteiger partial charge on any atom is -0.756 e. The summed E-state index contributed by atoms with van der Waals surface area (Å²) in [6, 6.07) is 0. The van der Waals surface area contributed by atoms with Gasteiger partial charge in [-0.25, -0.2) is 0 Å². The van der Waals surface area contributed by atoms with E-state index < -0.39 is 31.6 Å². The van der Waals surface area contributed by atoms with E-state index in [4.69, 9.17) is 0 Å². The topological polar surface area (TPSA) is 58.6 Å². The molecule has 1 aliphatic rings. The monoisotopic (exact) mass is 247 g/mol. The Morgan fingerprint density at radius 3 is 2.00 bits per heavy atom. The Bertz CT molecular complexity index is 314. The van der Waals surface area contributed by atoms with Crippen molar-refractivity contribution >= 4 is 7.82 Å². The molecular formula is C7H11F3O4P-. The predicted octanol–water partition coefficient (Wildman–Crippen LogP) is 1.99. The molecule has 0 saturated carbocycles. The summed E-state index contributed by atoms with van der Waals surface area (Å²) in [6.07, 6.45) is -5.89. The summed E-state index contributed by atoms with van der Waals surface area (Å²) in [5.74, 6) is 0. The van der Waals surface area contributed by atoms with Crippen LogP contribution in [0.1, 0.15) is 27.2 Å². The zero-order chi connectivity index (χ0) is 12.1. The number of hydrogen-bond donors (Lipinski definition) is 0. The Morgan fingerprint density at radius 2 is 1.73 bits per heavy atom. The van der Waals surface area contributed by atoms with Crippen LogP contribution in [0.15, 0.2) is 0 Å². The molecule has 15 heavy (non-hydrogen) atoms. The molecular weight excluding hydrogens is 236 g/mol. The highest BCUT2D eigenvalue weighted by molar-refractivity contribution is 7.46. The van der Waals surface area contributed by atoms with Gasteiger partial charge in [-0.2, -0.15) is 13.2 Å². The second-order valence-corrected chi connectivity index (χ2v) is 5.42. The maximum Gasteiger partial charge on any atom is 0.391 e. The van der Waals surface area contributed by atoms with Crippen LogP contribution in [0.3, 0.4) is 0 Å². The van der Waals surface area contributed by atoms with Crippen LogP contribution in [-0.2, 0) is 13.6 Å². The lowest BCUT2D eigenvalue weighted by Crippen LogP contribution is -2.47. The highest BCUT2D eigenvalue weighted by Gasteiger charge is 2.58. The molecule has 0 bridgehead atoms. The smallest absolute Gasteiger partial charge is 0.391 e. The molecule has 2 unspecified atom stereocenters. The minimum absolute atomic E-state index is 1.07. The minimum atomic E-state index is -4.62. The van der Waals surface area contributed by atoms with Gasteiger partial charge in [0.15, 0.2) is 0 Å². The van der Waals surface area contributed by atoms with E-state index in [1.165, 1.54) is 13.8 Å². The lowest BCUT2D eigenvalue weighted by atomic mass is 9.85. The van der Waals surface area contributed by atoms with E-state index in [0.717, 1.165) is 6.92 Å². The molecule has 90 valence electrons. The van der Waals surface area contributed by atoms with Crippen LogP contribution in [0.4, 0.5) is 13.2 Å². The first-order valence-corrected chi connectivity index (χ1v) is 5.62. The Balaban J connectivity index is 2.98. The normalized spacial score (nSPS) is 40.7. The Morgan fingerprint density at radius 1 is 1.27 bits per heavy atom. The zero-order valence-corrected chi connectivity index (χ0v) is 9.32. The van der Waals surface area contributed by atoms with E-state index in [9.17, 15) is 22.6 Å². The fraction of sp³-hybridized carbons (Fsp3) is 1.00. The highest BCUT2D eigenvalue weighted by Crippen LogP contribution is 2.60. The molecule has 1 rings (SSSR count). The molecule has 1 fully saturated rings. The number of phosphoric acid groups is 1. The molecule has 1 saturated heterocycles. The van der Waals surface area contributed by atoms with Gasteiger partial charge in [-0.3, -0.25) is 4.57 Å². The number of halogens is 3. The van der Waals surface area contributed by atoms with Gasteiger partial charge in [0.1, 0.15) is 11.2 Å². The maximum absolute atomic E-state index is 12.2. The highest BCUT2D eigenvalue weighted by atomic mass is 31.2. The van der Waals surface area contributed by atoms with Crippen LogP contribution in [0.2, 0.25) is 0 Å². The summed E-state index contributed by atoms with van der Waals surface area (Å²) in [5.41, 5.74) is -3.44. The second-order valence-electron chi connectivity index (χ2n) is 4.16. The van der Waals surface area contributed by atoms with Crippen molar-refractivity contribution in [1.82, 2.24) is 0 Å². The van der Waals surface area contributed by atoms with Gasteiger partial charge in [0.2, 0.25) is 0 Å². The molecule has 0 N–H and O–H groups in total. The van der Waals surface area contributed by atoms with Gasteiger partial charge in [0.05, 0.1) is 6.42 Å². The van der Waals surface area contributed by atoms with Gasteiger partial charge in [0, 0.05) is 0 Å². The van der Waals surface area contributed by atoms with Crippen molar-refractivity contribution in [2.75, 3.05) is 0 Å². The molecule has 4 nitrogen and oxygen atoms in total. The van der Waals surface area contributed by atoms with E-state index in [1.807, 2.05) is 0 Å². The lowest BCUT2D eigenvalue weighted by molar-refractivity contribution is -0.220. The summed E-state index contributed by atoms with van der Waals surface area (Å²) >= 11 is 0. The van der Waals surface area contributed by atoms with Crippen molar-refractivity contribution in [3.63, 3.8) is 0 Å². The first-order valence-electron chi connectivity index (χ1n) is 4.16. The van der Waals surface area contributed by atoms with E-state index in [-0.39, 0.29) is 0 Å². The third-order valence-corrected chi connectivity index (χ3v) is 3.77. The molecule has 0 spiro atoms. The molecule has 0 aromatic rings. The molecule has 0 aromatic carbocycles. The standard InChI is InChI=1S/C7H12F3O4P/c1-5(2)6(3,4-7(8,9)10)14-15(11,12)13-5/h4H2,1-3H3,(H,11,12)/p-1. The van der Waals surface area contributed by atoms with E-state index in [1.54, 1.807) is 0 Å². The van der Waals surface area contributed by atoms with Crippen LogP contribution in [-0.4, -0.2) is 17.4 Å². The lowest BCUT2D eigenvalue weighted by Gasteiger charge is -2.34. The largest absolute Gasteiger partial charge is 0.756 e. The first kappa shape index (κ1) is 13.0. The van der Waals surface area contributed by atoms with Gasteiger partial charge in [-0.05, 0) is 20.8 Å². The number of hydrogen-bond acceptors (Lipinski definition) is 4. The van der Waals surface area contributed by atoms with Gasteiger partial charge in [-0.1, -0.05) is 0 Å². The average molecular weight is 247 g/mol.